The molecule has 2 heterocycles. The molecular weight excluding hydrogens is 1010 g/mol. The van der Waals surface area contributed by atoms with Crippen LogP contribution in [0.2, 0.25) is 0 Å². The Labute approximate surface area is 429 Å². The first-order valence-electron chi connectivity index (χ1n) is 23.8. The Balaban J connectivity index is 2.19. The standard InChI is InChI=1S/C43H72N10O22/c1-17(36(63)49-19(3)40(67)68)48-39(66)23(9-7-8-12-45-29(60)14-46-28(59)13-44)52-27(58)11-10-24(41(69)70)53-37(64)18(2)47-38(65)20(4)72-35-31(51-22(6)57)42(71)73-26(16-55)34(35)75-43-30(50-21(5)56)33(62)32(61)25(15-54)74-43/h17-20,23-26,30-35,42-43,54-55,61-62,71H,7-16,44H2,1-6H3,(H,45,60)(H,46,59)(H,47,65)(H,48,66)(H,49,63)(H,50,56)(H,51,57)(H,52,58)(H,53,64)(H,67,68)(H,69,70). The van der Waals surface area contributed by atoms with Crippen LogP contribution in [0.4, 0.5) is 0 Å². The number of nitrogens with one attached hydrogen (secondary N) is 9. The summed E-state index contributed by atoms with van der Waals surface area (Å²) in [4.78, 5) is 137. The van der Waals surface area contributed by atoms with E-state index in [4.69, 9.17) is 29.8 Å². The number of aliphatic hydroxyl groups excluding tert-OH is 5. The zero-order valence-electron chi connectivity index (χ0n) is 42.1. The van der Waals surface area contributed by atoms with Crippen molar-refractivity contribution >= 4 is 65.1 Å². The number of rotatable bonds is 30. The molecule has 16 unspecified atom stereocenters. The van der Waals surface area contributed by atoms with Crippen LogP contribution in [0.5, 0.6) is 0 Å². The van der Waals surface area contributed by atoms with Crippen LogP contribution in [-0.4, -0.2) is 231 Å². The van der Waals surface area contributed by atoms with Crippen molar-refractivity contribution in [1.82, 2.24) is 47.9 Å². The fourth-order valence-electron chi connectivity index (χ4n) is 7.38. The van der Waals surface area contributed by atoms with Gasteiger partial charge in [-0.2, -0.15) is 0 Å². The molecular formula is C43H72N10O22. The van der Waals surface area contributed by atoms with E-state index < -0.39 is 189 Å². The molecule has 2 saturated heterocycles. The topological polar surface area (TPSA) is 501 Å². The predicted octanol–water partition coefficient (Wildman–Crippen LogP) is -8.90. The fourth-order valence-corrected chi connectivity index (χ4v) is 7.38. The number of hydrogen-bond donors (Lipinski definition) is 17. The second-order valence-corrected chi connectivity index (χ2v) is 17.7. The van der Waals surface area contributed by atoms with Gasteiger partial charge in [0.2, 0.25) is 53.2 Å². The summed E-state index contributed by atoms with van der Waals surface area (Å²) < 4.78 is 23.2. The fraction of sp³-hybridized carbons (Fsp3) is 0.744. The van der Waals surface area contributed by atoms with Crippen molar-refractivity contribution in [2.45, 2.75) is 171 Å². The van der Waals surface area contributed by atoms with Crippen LogP contribution < -0.4 is 53.6 Å². The second-order valence-electron chi connectivity index (χ2n) is 17.7. The molecule has 2 rings (SSSR count). The molecule has 2 aliphatic rings. The van der Waals surface area contributed by atoms with Gasteiger partial charge in [-0.25, -0.2) is 4.79 Å². The Bertz CT molecular complexity index is 2000. The summed E-state index contributed by atoms with van der Waals surface area (Å²) in [6.45, 7) is 4.59. The van der Waals surface area contributed by atoms with Crippen molar-refractivity contribution in [2.75, 3.05) is 32.8 Å². The van der Waals surface area contributed by atoms with Crippen LogP contribution in [0.1, 0.15) is 73.6 Å². The lowest BCUT2D eigenvalue weighted by Gasteiger charge is -2.48. The Morgan fingerprint density at radius 2 is 1.16 bits per heavy atom. The van der Waals surface area contributed by atoms with Gasteiger partial charge in [-0.3, -0.25) is 47.9 Å². The molecule has 75 heavy (non-hydrogen) atoms. The monoisotopic (exact) mass is 1080 g/mol. The molecule has 426 valence electrons. The van der Waals surface area contributed by atoms with Crippen molar-refractivity contribution in [1.29, 1.82) is 0 Å². The molecule has 0 aromatic heterocycles. The average molecular weight is 1080 g/mol. The maximum absolute atomic E-state index is 13.6. The number of hydrogen-bond acceptors (Lipinski definition) is 21. The minimum absolute atomic E-state index is 0.0808. The summed E-state index contributed by atoms with van der Waals surface area (Å²) in [5, 5.41) is 92.5. The third-order valence-corrected chi connectivity index (χ3v) is 11.5. The lowest BCUT2D eigenvalue weighted by Crippen LogP contribution is -2.70. The van der Waals surface area contributed by atoms with E-state index in [1.807, 2.05) is 0 Å². The van der Waals surface area contributed by atoms with Gasteiger partial charge in [-0.15, -0.1) is 0 Å². The predicted molar refractivity (Wildman–Crippen MR) is 250 cm³/mol. The van der Waals surface area contributed by atoms with Crippen molar-refractivity contribution in [3.05, 3.63) is 0 Å². The van der Waals surface area contributed by atoms with Gasteiger partial charge in [0, 0.05) is 26.8 Å². The van der Waals surface area contributed by atoms with Gasteiger partial charge >= 0.3 is 11.9 Å². The van der Waals surface area contributed by atoms with E-state index in [9.17, 15) is 83.4 Å². The van der Waals surface area contributed by atoms with E-state index >= 15 is 0 Å². The number of amides is 9. The van der Waals surface area contributed by atoms with E-state index in [1.165, 1.54) is 20.8 Å². The van der Waals surface area contributed by atoms with Gasteiger partial charge in [-0.1, -0.05) is 0 Å². The third kappa shape index (κ3) is 21.1. The van der Waals surface area contributed by atoms with E-state index in [-0.39, 0.29) is 38.9 Å². The number of carbonyl (C=O) groups is 11. The first-order valence-corrected chi connectivity index (χ1v) is 23.8. The van der Waals surface area contributed by atoms with Crippen molar-refractivity contribution in [3.8, 4) is 0 Å². The highest BCUT2D eigenvalue weighted by molar-refractivity contribution is 5.94. The second kappa shape index (κ2) is 31.6. The maximum Gasteiger partial charge on any atom is 0.326 e. The minimum Gasteiger partial charge on any atom is -0.480 e. The molecule has 0 spiro atoms. The largest absolute Gasteiger partial charge is 0.480 e. The summed E-state index contributed by atoms with van der Waals surface area (Å²) in [7, 11) is 0. The number of carbonyl (C=O) groups excluding carboxylic acids is 9. The summed E-state index contributed by atoms with van der Waals surface area (Å²) in [5.41, 5.74) is 5.19. The summed E-state index contributed by atoms with van der Waals surface area (Å²) in [5.74, 6) is -10.3. The number of carboxylic acid groups (broad SMARTS) is 2. The molecule has 32 nitrogen and oxygen atoms in total. The molecule has 0 bridgehead atoms. The Kier molecular flexibility index (Phi) is 27.3. The molecule has 32 heteroatoms. The van der Waals surface area contributed by atoms with Gasteiger partial charge in [-0.05, 0) is 53.4 Å². The maximum atomic E-state index is 13.6. The van der Waals surface area contributed by atoms with E-state index in [1.54, 1.807) is 0 Å². The van der Waals surface area contributed by atoms with Crippen LogP contribution in [0.15, 0.2) is 0 Å². The van der Waals surface area contributed by atoms with Gasteiger partial charge in [0.05, 0.1) is 26.3 Å². The van der Waals surface area contributed by atoms with Crippen molar-refractivity contribution in [3.63, 3.8) is 0 Å². The van der Waals surface area contributed by atoms with E-state index in [2.05, 4.69) is 47.9 Å². The Morgan fingerprint density at radius 1 is 0.587 bits per heavy atom. The molecule has 0 aromatic carbocycles. The molecule has 2 fully saturated rings. The number of aliphatic hydroxyl groups is 5. The van der Waals surface area contributed by atoms with Gasteiger partial charge in [0.25, 0.3) is 0 Å². The van der Waals surface area contributed by atoms with Crippen LogP contribution in [0, 0.1) is 0 Å². The highest BCUT2D eigenvalue weighted by Crippen LogP contribution is 2.31. The molecule has 0 radical (unpaired) electrons. The Morgan fingerprint density at radius 3 is 1.72 bits per heavy atom. The third-order valence-electron chi connectivity index (χ3n) is 11.5. The zero-order valence-corrected chi connectivity index (χ0v) is 42.1. The number of unbranched alkanes of at least 4 members (excludes halogenated alkanes) is 1. The summed E-state index contributed by atoms with van der Waals surface area (Å²) in [6.07, 6.45) is -15.9. The normalized spacial score (nSPS) is 25.7. The lowest BCUT2D eigenvalue weighted by atomic mass is 9.94. The number of carboxylic acids is 2. The van der Waals surface area contributed by atoms with E-state index in [0.717, 1.165) is 20.8 Å². The minimum atomic E-state index is -1.92. The molecule has 16 atom stereocenters. The lowest BCUT2D eigenvalue weighted by molar-refractivity contribution is -0.333. The van der Waals surface area contributed by atoms with Crippen LogP contribution in [0.3, 0.4) is 0 Å². The highest BCUT2D eigenvalue weighted by atomic mass is 16.7. The SMILES string of the molecule is CC(=O)NC1C(OC2C(CO)OC(O)C(NC(C)=O)C2OC(C)C(=O)NC(C)C(=O)NC(CCC(=O)NC(CCCCNC(=O)CNC(=O)CN)C(=O)NC(C)C(=O)NC(C)C(=O)O)C(=O)O)OC(CO)C(O)C1O. The first kappa shape index (κ1) is 64.9. The van der Waals surface area contributed by atoms with Gasteiger partial charge in [0.1, 0.15) is 85.0 Å². The molecule has 0 saturated carbocycles. The van der Waals surface area contributed by atoms with E-state index in [0.29, 0.717) is 0 Å². The molecule has 0 aromatic rings. The number of ether oxygens (including phenoxy) is 4. The highest BCUT2D eigenvalue weighted by Gasteiger charge is 2.53. The quantitative estimate of drug-likeness (QED) is 0.0297. The van der Waals surface area contributed by atoms with Crippen LogP contribution in [0.25, 0.3) is 0 Å². The van der Waals surface area contributed by atoms with Gasteiger partial charge < -0.3 is 108 Å². The van der Waals surface area contributed by atoms with Gasteiger partial charge in [0.15, 0.2) is 12.6 Å². The average Bonchev–Trinajstić information content (AvgIpc) is 3.34. The van der Waals surface area contributed by atoms with Crippen molar-refractivity contribution < 1.29 is 107 Å². The molecule has 2 aliphatic heterocycles. The summed E-state index contributed by atoms with van der Waals surface area (Å²) in [6, 6.07) is -10.3. The zero-order chi connectivity index (χ0) is 56.9. The van der Waals surface area contributed by atoms with Crippen molar-refractivity contribution in [2.24, 2.45) is 5.73 Å². The Hall–Kier alpha value is -6.23. The smallest absolute Gasteiger partial charge is 0.326 e. The van der Waals surface area contributed by atoms with Crippen LogP contribution in [-0.2, 0) is 71.7 Å². The number of nitrogens with two attached hydrogens (primary N) is 1. The van der Waals surface area contributed by atoms with Crippen LogP contribution >= 0.6 is 0 Å². The molecule has 18 N–H and O–H groups in total. The summed E-state index contributed by atoms with van der Waals surface area (Å²) >= 11 is 0. The molecule has 0 aliphatic carbocycles. The number of aliphatic carboxylic acids is 2. The first-order chi connectivity index (χ1) is 35.1. The molecule has 9 amide bonds.